The summed E-state index contributed by atoms with van der Waals surface area (Å²) in [5.74, 6) is 2.56. The number of amides is 1. The Morgan fingerprint density at radius 1 is 1.32 bits per heavy atom. The molecule has 0 bridgehead atoms. The van der Waals surface area contributed by atoms with Gasteiger partial charge in [-0.3, -0.25) is 4.79 Å². The van der Waals surface area contributed by atoms with Crippen LogP contribution in [0.4, 0.5) is 5.82 Å². The van der Waals surface area contributed by atoms with E-state index < -0.39 is 0 Å². The van der Waals surface area contributed by atoms with Crippen LogP contribution in [0.5, 0.6) is 0 Å². The van der Waals surface area contributed by atoms with E-state index in [0.717, 1.165) is 5.56 Å². The lowest BCUT2D eigenvalue weighted by atomic mass is 10.1. The molecule has 3 aromatic rings. The number of aryl methyl sites for hydroxylation is 2. The van der Waals surface area contributed by atoms with Crippen LogP contribution < -0.4 is 5.32 Å². The number of carbonyl (C=O) groups is 1. The van der Waals surface area contributed by atoms with Crippen molar-refractivity contribution < 1.29 is 9.32 Å². The Labute approximate surface area is 149 Å². The number of carbonyl (C=O) groups excluding carboxylic acids is 1. The van der Waals surface area contributed by atoms with Crippen molar-refractivity contribution in [3.8, 4) is 0 Å². The van der Waals surface area contributed by atoms with Crippen LogP contribution in [0.2, 0.25) is 0 Å². The summed E-state index contributed by atoms with van der Waals surface area (Å²) in [5, 5.41) is 11.0. The summed E-state index contributed by atoms with van der Waals surface area (Å²) < 4.78 is 6.68. The first-order chi connectivity index (χ1) is 12.1. The molecule has 3 rings (SSSR count). The molecule has 0 spiro atoms. The van der Waals surface area contributed by atoms with Crippen molar-refractivity contribution in [2.75, 3.05) is 11.1 Å². The number of anilines is 1. The van der Waals surface area contributed by atoms with Gasteiger partial charge in [0.25, 0.3) is 0 Å². The number of hydrogen-bond acceptors (Lipinski definition) is 6. The van der Waals surface area contributed by atoms with E-state index in [0.29, 0.717) is 35.6 Å². The third-order valence-corrected chi connectivity index (χ3v) is 4.36. The van der Waals surface area contributed by atoms with Crippen LogP contribution in [0.3, 0.4) is 0 Å². The van der Waals surface area contributed by atoms with Crippen molar-refractivity contribution in [2.45, 2.75) is 26.1 Å². The van der Waals surface area contributed by atoms with Gasteiger partial charge >= 0.3 is 0 Å². The topological polar surface area (TPSA) is 85.8 Å². The summed E-state index contributed by atoms with van der Waals surface area (Å²) in [4.78, 5) is 16.2. The van der Waals surface area contributed by atoms with Gasteiger partial charge in [0.1, 0.15) is 5.82 Å². The summed E-state index contributed by atoms with van der Waals surface area (Å²) in [6.45, 7) is 4.40. The Morgan fingerprint density at radius 3 is 2.96 bits per heavy atom. The fourth-order valence-corrected chi connectivity index (χ4v) is 3.02. The molecule has 1 aromatic carbocycles. The van der Waals surface area contributed by atoms with Crippen molar-refractivity contribution in [2.24, 2.45) is 0 Å². The van der Waals surface area contributed by atoms with E-state index in [1.807, 2.05) is 12.1 Å². The molecule has 0 fully saturated rings. The standard InChI is InChI=1S/C17H19N5O2S/c1-12-4-3-5-14(8-12)9-22-16(6-7-18-22)20-17(23)11-25-10-15-19-13(2)24-21-15/h3-8H,9-11H2,1-2H3,(H,20,23). The molecular weight excluding hydrogens is 338 g/mol. The Bertz CT molecular complexity index is 858. The van der Waals surface area contributed by atoms with Crippen LogP contribution in [0.15, 0.2) is 41.1 Å². The SMILES string of the molecule is Cc1cccc(Cn2nccc2NC(=O)CSCc2noc(C)n2)c1. The predicted molar refractivity (Wildman–Crippen MR) is 96.3 cm³/mol. The minimum absolute atomic E-state index is 0.0868. The molecule has 130 valence electrons. The molecule has 0 atom stereocenters. The van der Waals surface area contributed by atoms with Gasteiger partial charge in [-0.15, -0.1) is 11.8 Å². The molecule has 25 heavy (non-hydrogen) atoms. The van der Waals surface area contributed by atoms with Gasteiger partial charge in [-0.25, -0.2) is 4.68 Å². The number of nitrogens with one attached hydrogen (secondary N) is 1. The van der Waals surface area contributed by atoms with E-state index in [1.54, 1.807) is 23.9 Å². The molecule has 0 unspecified atom stereocenters. The van der Waals surface area contributed by atoms with Crippen LogP contribution in [-0.4, -0.2) is 31.6 Å². The van der Waals surface area contributed by atoms with Gasteiger partial charge in [-0.1, -0.05) is 35.0 Å². The maximum absolute atomic E-state index is 12.1. The first kappa shape index (κ1) is 17.2. The van der Waals surface area contributed by atoms with E-state index in [4.69, 9.17) is 4.52 Å². The second-order valence-corrected chi connectivity index (χ2v) is 6.62. The minimum Gasteiger partial charge on any atom is -0.340 e. The van der Waals surface area contributed by atoms with Gasteiger partial charge in [0.15, 0.2) is 5.82 Å². The molecule has 8 heteroatoms. The summed E-state index contributed by atoms with van der Waals surface area (Å²) in [6.07, 6.45) is 1.68. The summed E-state index contributed by atoms with van der Waals surface area (Å²) >= 11 is 1.43. The maximum Gasteiger partial charge on any atom is 0.235 e. The number of thioether (sulfide) groups is 1. The van der Waals surface area contributed by atoms with Crippen molar-refractivity contribution in [3.63, 3.8) is 0 Å². The highest BCUT2D eigenvalue weighted by Gasteiger charge is 2.09. The third kappa shape index (κ3) is 4.93. The van der Waals surface area contributed by atoms with Crippen molar-refractivity contribution in [3.05, 3.63) is 59.4 Å². The summed E-state index contributed by atoms with van der Waals surface area (Å²) in [5.41, 5.74) is 2.34. The highest BCUT2D eigenvalue weighted by molar-refractivity contribution is 7.99. The minimum atomic E-state index is -0.0868. The van der Waals surface area contributed by atoms with Crippen LogP contribution in [0, 0.1) is 13.8 Å². The quantitative estimate of drug-likeness (QED) is 0.700. The van der Waals surface area contributed by atoms with Gasteiger partial charge in [0, 0.05) is 13.0 Å². The largest absolute Gasteiger partial charge is 0.340 e. The summed E-state index contributed by atoms with van der Waals surface area (Å²) in [7, 11) is 0. The Hall–Kier alpha value is -2.61. The first-order valence-electron chi connectivity index (χ1n) is 7.84. The number of rotatable bonds is 7. The second-order valence-electron chi connectivity index (χ2n) is 5.63. The average molecular weight is 357 g/mol. The smallest absolute Gasteiger partial charge is 0.235 e. The highest BCUT2D eigenvalue weighted by atomic mass is 32.2. The number of hydrogen-bond donors (Lipinski definition) is 1. The molecule has 0 aliphatic rings. The molecule has 2 aromatic heterocycles. The summed E-state index contributed by atoms with van der Waals surface area (Å²) in [6, 6.07) is 10.0. The zero-order valence-electron chi connectivity index (χ0n) is 14.1. The van der Waals surface area contributed by atoms with E-state index in [2.05, 4.69) is 39.6 Å². The fourth-order valence-electron chi connectivity index (χ4n) is 2.36. The van der Waals surface area contributed by atoms with Gasteiger partial charge in [0.2, 0.25) is 11.8 Å². The average Bonchev–Trinajstić information content (AvgIpc) is 3.17. The lowest BCUT2D eigenvalue weighted by Crippen LogP contribution is -2.18. The molecule has 1 N–H and O–H groups in total. The molecule has 7 nitrogen and oxygen atoms in total. The molecule has 0 saturated heterocycles. The predicted octanol–water partition coefficient (Wildman–Crippen LogP) is 2.80. The van der Waals surface area contributed by atoms with Crippen molar-refractivity contribution in [1.29, 1.82) is 0 Å². The molecule has 0 aliphatic carbocycles. The van der Waals surface area contributed by atoms with Gasteiger partial charge in [-0.2, -0.15) is 10.1 Å². The normalized spacial score (nSPS) is 10.8. The van der Waals surface area contributed by atoms with E-state index >= 15 is 0 Å². The van der Waals surface area contributed by atoms with E-state index in [9.17, 15) is 4.79 Å². The van der Waals surface area contributed by atoms with Crippen LogP contribution >= 0.6 is 11.8 Å². The Morgan fingerprint density at radius 2 is 2.20 bits per heavy atom. The zero-order valence-corrected chi connectivity index (χ0v) is 14.9. The monoisotopic (exact) mass is 357 g/mol. The molecule has 0 radical (unpaired) electrons. The van der Waals surface area contributed by atoms with Gasteiger partial charge < -0.3 is 9.84 Å². The van der Waals surface area contributed by atoms with Gasteiger partial charge in [-0.05, 0) is 12.5 Å². The lowest BCUT2D eigenvalue weighted by molar-refractivity contribution is -0.113. The first-order valence-corrected chi connectivity index (χ1v) is 9.00. The van der Waals surface area contributed by atoms with E-state index in [1.165, 1.54) is 17.3 Å². The van der Waals surface area contributed by atoms with Gasteiger partial charge in [0.05, 0.1) is 24.2 Å². The molecule has 0 aliphatic heterocycles. The fraction of sp³-hybridized carbons (Fsp3) is 0.294. The second kappa shape index (κ2) is 7.98. The van der Waals surface area contributed by atoms with Crippen LogP contribution in [-0.2, 0) is 17.1 Å². The molecule has 1 amide bonds. The molecule has 2 heterocycles. The number of aromatic nitrogens is 4. The highest BCUT2D eigenvalue weighted by Crippen LogP contribution is 2.13. The van der Waals surface area contributed by atoms with Crippen LogP contribution in [0.25, 0.3) is 0 Å². The number of nitrogens with zero attached hydrogens (tertiary/aromatic N) is 4. The van der Waals surface area contributed by atoms with Crippen molar-refractivity contribution >= 4 is 23.5 Å². The molecular formula is C17H19N5O2S. The maximum atomic E-state index is 12.1. The third-order valence-electron chi connectivity index (χ3n) is 3.43. The van der Waals surface area contributed by atoms with Crippen molar-refractivity contribution in [1.82, 2.24) is 19.9 Å². The zero-order chi connectivity index (χ0) is 17.6. The van der Waals surface area contributed by atoms with E-state index in [-0.39, 0.29) is 5.91 Å². The Balaban J connectivity index is 1.52. The number of benzene rings is 1. The molecule has 0 saturated carbocycles. The Kier molecular flexibility index (Phi) is 5.49. The van der Waals surface area contributed by atoms with Crippen LogP contribution in [0.1, 0.15) is 22.8 Å². The lowest BCUT2D eigenvalue weighted by Gasteiger charge is -2.09.